The first-order chi connectivity index (χ1) is 20.1. The third kappa shape index (κ3) is 8.90. The van der Waals surface area contributed by atoms with E-state index in [-0.39, 0.29) is 49.7 Å². The molecule has 12 nitrogen and oxygen atoms in total. The number of aliphatic hydroxyl groups excluding tert-OH is 1. The Kier molecular flexibility index (Phi) is 12.1. The van der Waals surface area contributed by atoms with Gasteiger partial charge in [-0.25, -0.2) is 13.4 Å². The molecule has 1 aliphatic heterocycles. The molecule has 0 bridgehead atoms. The van der Waals surface area contributed by atoms with Crippen LogP contribution in [-0.4, -0.2) is 86.7 Å². The summed E-state index contributed by atoms with van der Waals surface area (Å²) in [6.07, 6.45) is -1.60. The van der Waals surface area contributed by atoms with E-state index in [2.05, 4.69) is 10.7 Å². The van der Waals surface area contributed by atoms with Crippen molar-refractivity contribution < 1.29 is 32.6 Å². The van der Waals surface area contributed by atoms with Gasteiger partial charge in [0.25, 0.3) is 5.91 Å². The second-order valence-electron chi connectivity index (χ2n) is 10.3. The lowest BCUT2D eigenvalue weighted by atomic mass is 9.99. The van der Waals surface area contributed by atoms with Gasteiger partial charge in [0.1, 0.15) is 13.2 Å². The Morgan fingerprint density at radius 3 is 2.40 bits per heavy atom. The highest BCUT2D eigenvalue weighted by atomic mass is 32.2. The number of nitrogens with one attached hydrogen (secondary N) is 2. The highest BCUT2D eigenvalue weighted by Gasteiger charge is 2.36. The molecule has 228 valence electrons. The van der Waals surface area contributed by atoms with Crippen LogP contribution in [0.15, 0.2) is 53.4 Å². The third-order valence-corrected chi connectivity index (χ3v) is 8.30. The average molecular weight is 602 g/mol. The highest BCUT2D eigenvalue weighted by Crippen LogP contribution is 2.33. The normalized spacial score (nSPS) is 14.2. The van der Waals surface area contributed by atoms with Gasteiger partial charge in [-0.2, -0.15) is 9.57 Å². The fraction of sp³-hybridized carbons (Fsp3) is 0.483. The lowest BCUT2D eigenvalue weighted by molar-refractivity contribution is -0.147. The topological polar surface area (TPSA) is 161 Å². The molecule has 0 spiro atoms. The van der Waals surface area contributed by atoms with Gasteiger partial charge in [-0.15, -0.1) is 0 Å². The van der Waals surface area contributed by atoms with Gasteiger partial charge in [-0.3, -0.25) is 15.0 Å². The fourth-order valence-corrected chi connectivity index (χ4v) is 6.18. The molecule has 0 saturated heterocycles. The molecule has 0 aromatic heterocycles. The standard InChI is InChI=1S/C29H39N5O7S/c1-21(2)19-33(42(38,39)23-11-12-26-27(17-23)41-15-14-40-26)20-25(35)24(16-22-8-5-4-6-9-22)34(29(37)10-7-13-30)32-28(36)18-31-3/h4-6,8-9,11-12,17,21,24-25,31,35H,7,10,14-16,18-20H2,1-3H3,(H,32,36)/t24?,25-/m1/s1. The van der Waals surface area contributed by atoms with Gasteiger partial charge < -0.3 is 19.9 Å². The molecule has 1 heterocycles. The first-order valence-corrected chi connectivity index (χ1v) is 15.3. The zero-order valence-electron chi connectivity index (χ0n) is 24.2. The van der Waals surface area contributed by atoms with Gasteiger partial charge in [0.05, 0.1) is 29.7 Å². The van der Waals surface area contributed by atoms with E-state index in [4.69, 9.17) is 14.7 Å². The van der Waals surface area contributed by atoms with Crippen LogP contribution in [0.5, 0.6) is 11.5 Å². The summed E-state index contributed by atoms with van der Waals surface area (Å²) in [5, 5.41) is 24.5. The third-order valence-electron chi connectivity index (χ3n) is 6.48. The molecule has 0 fully saturated rings. The van der Waals surface area contributed by atoms with Crippen LogP contribution in [0.2, 0.25) is 0 Å². The van der Waals surface area contributed by atoms with E-state index in [0.29, 0.717) is 24.7 Å². The minimum absolute atomic E-state index is 0.0246. The van der Waals surface area contributed by atoms with Crippen LogP contribution < -0.4 is 20.2 Å². The maximum absolute atomic E-state index is 13.9. The number of carbonyl (C=O) groups is 2. The summed E-state index contributed by atoms with van der Waals surface area (Å²) in [6, 6.07) is 14.3. The molecule has 2 atom stereocenters. The molecular weight excluding hydrogens is 562 g/mol. The van der Waals surface area contributed by atoms with Crippen molar-refractivity contribution in [2.24, 2.45) is 5.92 Å². The van der Waals surface area contributed by atoms with Crippen LogP contribution in [-0.2, 0) is 26.0 Å². The maximum atomic E-state index is 13.9. The van der Waals surface area contributed by atoms with Crippen molar-refractivity contribution in [1.82, 2.24) is 20.1 Å². The summed E-state index contributed by atoms with van der Waals surface area (Å²) >= 11 is 0. The second-order valence-corrected chi connectivity index (χ2v) is 12.3. The Labute approximate surface area is 247 Å². The highest BCUT2D eigenvalue weighted by molar-refractivity contribution is 7.89. The second kappa shape index (κ2) is 15.5. The van der Waals surface area contributed by atoms with E-state index < -0.39 is 34.0 Å². The van der Waals surface area contributed by atoms with Crippen molar-refractivity contribution in [3.63, 3.8) is 0 Å². The summed E-state index contributed by atoms with van der Waals surface area (Å²) in [4.78, 5) is 25.8. The van der Waals surface area contributed by atoms with Crippen molar-refractivity contribution in [2.75, 3.05) is 39.9 Å². The maximum Gasteiger partial charge on any atom is 0.252 e. The number of nitrogens with zero attached hydrogens (tertiary/aromatic N) is 3. The number of ether oxygens (including phenoxy) is 2. The Bertz CT molecular complexity index is 1350. The predicted molar refractivity (Wildman–Crippen MR) is 155 cm³/mol. The SMILES string of the molecule is CNCC(=O)NN(C(=O)CCC#N)C(Cc1ccccc1)[C@H](O)CN(CC(C)C)S(=O)(=O)c1ccc2c(c1)OCCO2. The zero-order valence-corrected chi connectivity index (χ0v) is 25.0. The van der Waals surface area contributed by atoms with E-state index in [1.807, 2.05) is 38.1 Å². The Morgan fingerprint density at radius 2 is 1.76 bits per heavy atom. The van der Waals surface area contributed by atoms with E-state index in [0.717, 1.165) is 10.6 Å². The van der Waals surface area contributed by atoms with E-state index in [9.17, 15) is 23.1 Å². The van der Waals surface area contributed by atoms with Crippen LogP contribution in [0.4, 0.5) is 0 Å². The number of hydrogen-bond donors (Lipinski definition) is 3. The number of hydrogen-bond acceptors (Lipinski definition) is 9. The first kappa shape index (κ1) is 32.8. The number of fused-ring (bicyclic) bond motifs is 1. The number of likely N-dealkylation sites (N-methyl/N-ethyl adjacent to an activating group) is 1. The number of rotatable bonds is 14. The number of sulfonamides is 1. The van der Waals surface area contributed by atoms with Gasteiger partial charge in [-0.1, -0.05) is 44.2 Å². The molecule has 0 aliphatic carbocycles. The lowest BCUT2D eigenvalue weighted by Crippen LogP contribution is -2.60. The molecule has 0 radical (unpaired) electrons. The zero-order chi connectivity index (χ0) is 30.7. The lowest BCUT2D eigenvalue weighted by Gasteiger charge is -2.37. The molecule has 3 rings (SSSR count). The number of hydrazine groups is 1. The van der Waals surface area contributed by atoms with Crippen LogP contribution in [0.25, 0.3) is 0 Å². The number of amides is 2. The Morgan fingerprint density at radius 1 is 1.07 bits per heavy atom. The van der Waals surface area contributed by atoms with Gasteiger partial charge in [-0.05, 0) is 37.1 Å². The molecule has 2 amide bonds. The van der Waals surface area contributed by atoms with Crippen molar-refractivity contribution in [3.8, 4) is 17.6 Å². The van der Waals surface area contributed by atoms with Crippen molar-refractivity contribution in [3.05, 3.63) is 54.1 Å². The van der Waals surface area contributed by atoms with E-state index >= 15 is 0 Å². The number of carbonyl (C=O) groups excluding carboxylic acids is 2. The largest absolute Gasteiger partial charge is 0.486 e. The van der Waals surface area contributed by atoms with Crippen LogP contribution in [0, 0.1) is 17.2 Å². The number of aliphatic hydroxyl groups is 1. The summed E-state index contributed by atoms with van der Waals surface area (Å²) < 4.78 is 40.1. The molecule has 13 heteroatoms. The van der Waals surface area contributed by atoms with Gasteiger partial charge >= 0.3 is 0 Å². The quantitative estimate of drug-likeness (QED) is 0.272. The van der Waals surface area contributed by atoms with Crippen LogP contribution >= 0.6 is 0 Å². The number of benzene rings is 2. The van der Waals surface area contributed by atoms with Crippen molar-refractivity contribution in [1.29, 1.82) is 5.26 Å². The minimum atomic E-state index is -4.13. The molecule has 1 aliphatic rings. The molecule has 3 N–H and O–H groups in total. The van der Waals surface area contributed by atoms with E-state index in [1.54, 1.807) is 19.2 Å². The van der Waals surface area contributed by atoms with Gasteiger partial charge in [0.15, 0.2) is 11.5 Å². The predicted octanol–water partition coefficient (Wildman–Crippen LogP) is 1.46. The smallest absolute Gasteiger partial charge is 0.252 e. The fourth-order valence-electron chi connectivity index (χ4n) is 4.54. The molecule has 1 unspecified atom stereocenters. The van der Waals surface area contributed by atoms with Crippen LogP contribution in [0.1, 0.15) is 32.3 Å². The minimum Gasteiger partial charge on any atom is -0.486 e. The number of nitriles is 1. The summed E-state index contributed by atoms with van der Waals surface area (Å²) in [5.41, 5.74) is 3.32. The monoisotopic (exact) mass is 601 g/mol. The molecule has 2 aromatic rings. The van der Waals surface area contributed by atoms with Gasteiger partial charge in [0.2, 0.25) is 15.9 Å². The average Bonchev–Trinajstić information content (AvgIpc) is 2.97. The summed E-state index contributed by atoms with van der Waals surface area (Å²) in [7, 11) is -2.56. The molecule has 42 heavy (non-hydrogen) atoms. The Balaban J connectivity index is 1.99. The Hall–Kier alpha value is -3.70. The molecule has 2 aromatic carbocycles. The summed E-state index contributed by atoms with van der Waals surface area (Å²) in [6.45, 7) is 3.99. The van der Waals surface area contributed by atoms with Crippen molar-refractivity contribution >= 4 is 21.8 Å². The molecular formula is C29H39N5O7S. The van der Waals surface area contributed by atoms with E-state index in [1.165, 1.54) is 22.5 Å². The van der Waals surface area contributed by atoms with Gasteiger partial charge in [0, 0.05) is 32.0 Å². The molecule has 0 saturated carbocycles. The first-order valence-electron chi connectivity index (χ1n) is 13.8. The van der Waals surface area contributed by atoms with Crippen LogP contribution in [0.3, 0.4) is 0 Å². The summed E-state index contributed by atoms with van der Waals surface area (Å²) in [5.74, 6) is -0.444. The van der Waals surface area contributed by atoms with Crippen molar-refractivity contribution in [2.45, 2.75) is 50.2 Å².